The molecule has 0 saturated carbocycles. The zero-order valence-electron chi connectivity index (χ0n) is 18.9. The van der Waals surface area contributed by atoms with E-state index in [1.807, 2.05) is 6.92 Å². The Balaban J connectivity index is 2.18. The molecule has 2 aliphatic rings. The number of carbonyl (C=O) groups is 1. The lowest BCUT2D eigenvalue weighted by Gasteiger charge is -2.45. The average molecular weight is 537 g/mol. The number of aliphatic hydroxyl groups excluding tert-OH is 2. The number of carbonyl (C=O) groups excluding carboxylic acids is 1. The molecule has 2 heterocycles. The maximum absolute atomic E-state index is 15.3. The average Bonchev–Trinajstić information content (AvgIpc) is 2.91. The van der Waals surface area contributed by atoms with Crippen molar-refractivity contribution >= 4 is 37.1 Å². The van der Waals surface area contributed by atoms with E-state index in [4.69, 9.17) is 26.1 Å². The number of hydrogen-bond donors (Lipinski definition) is 6. The Labute approximate surface area is 202 Å². The van der Waals surface area contributed by atoms with Crippen LogP contribution < -0.4 is 10.6 Å². The van der Waals surface area contributed by atoms with Crippen LogP contribution in [0.15, 0.2) is 0 Å². The van der Waals surface area contributed by atoms with Crippen LogP contribution in [0.1, 0.15) is 46.0 Å². The summed E-state index contributed by atoms with van der Waals surface area (Å²) in [5, 5.41) is 26.2. The zero-order chi connectivity index (χ0) is 25.0. The van der Waals surface area contributed by atoms with E-state index >= 15 is 4.39 Å². The maximum Gasteiger partial charge on any atom is 0.470 e. The van der Waals surface area contributed by atoms with Crippen LogP contribution in [0.3, 0.4) is 0 Å². The molecule has 9 atom stereocenters. The predicted octanol–water partition coefficient (Wildman–Crippen LogP) is 1.04. The van der Waals surface area contributed by atoms with Gasteiger partial charge in [-0.2, -0.15) is 0 Å². The molecular formula is C19H35ClFN2O8PS. The molecule has 9 unspecified atom stereocenters. The Morgan fingerprint density at radius 1 is 1.42 bits per heavy atom. The van der Waals surface area contributed by atoms with E-state index in [0.29, 0.717) is 32.2 Å². The van der Waals surface area contributed by atoms with Crippen LogP contribution >= 0.6 is 31.2 Å². The summed E-state index contributed by atoms with van der Waals surface area (Å²) in [6, 6.07) is -1.80. The first kappa shape index (κ1) is 29.2. The second-order valence-electron chi connectivity index (χ2n) is 8.67. The van der Waals surface area contributed by atoms with Gasteiger partial charge < -0.3 is 35.4 Å². The number of rotatable bonds is 9. The molecule has 10 nitrogen and oxygen atoms in total. The Hall–Kier alpha value is -0.0100. The van der Waals surface area contributed by atoms with E-state index in [1.54, 1.807) is 13.2 Å². The maximum atomic E-state index is 15.3. The van der Waals surface area contributed by atoms with Crippen molar-refractivity contribution in [2.24, 2.45) is 0 Å². The molecule has 2 rings (SSSR count). The summed E-state index contributed by atoms with van der Waals surface area (Å²) in [6.45, 7) is 3.93. The molecule has 0 aliphatic carbocycles. The third-order valence-electron chi connectivity index (χ3n) is 6.01. The van der Waals surface area contributed by atoms with Crippen molar-refractivity contribution in [2.75, 3.05) is 12.8 Å². The largest absolute Gasteiger partial charge is 0.470 e. The molecule has 2 aliphatic heterocycles. The predicted molar refractivity (Wildman–Crippen MR) is 123 cm³/mol. The summed E-state index contributed by atoms with van der Waals surface area (Å²) >= 11 is 7.31. The van der Waals surface area contributed by atoms with E-state index in [1.165, 1.54) is 0 Å². The molecule has 0 aromatic carbocycles. The molecule has 1 amide bonds. The van der Waals surface area contributed by atoms with Gasteiger partial charge in [0.05, 0.1) is 17.5 Å². The minimum Gasteiger partial charge on any atom is -0.388 e. The standard InChI is InChI=1S/C19H35ClFN2O8PS/c1-4-6-19(21)7-5-8-22-11(9-19)17(26)23-12(10(2)20)15-13(24)14(25)16(18(30-15)33-3)31-32(27,28)29/h10-16,18,22,24-25H,4-9H2,1-3H3,(H,23,26)(H2,27,28,29). The van der Waals surface area contributed by atoms with Gasteiger partial charge in [-0.15, -0.1) is 23.4 Å². The second-order valence-corrected chi connectivity index (χ2v) is 11.5. The Kier molecular flexibility index (Phi) is 10.9. The number of aliphatic hydroxyl groups is 2. The van der Waals surface area contributed by atoms with Crippen molar-refractivity contribution in [3.05, 3.63) is 0 Å². The van der Waals surface area contributed by atoms with Gasteiger partial charge in [-0.05, 0) is 39.0 Å². The number of ether oxygens (including phenoxy) is 1. The molecule has 33 heavy (non-hydrogen) atoms. The highest BCUT2D eigenvalue weighted by Gasteiger charge is 2.51. The Morgan fingerprint density at radius 3 is 2.64 bits per heavy atom. The summed E-state index contributed by atoms with van der Waals surface area (Å²) in [7, 11) is -4.98. The van der Waals surface area contributed by atoms with Gasteiger partial charge in [0.25, 0.3) is 0 Å². The van der Waals surface area contributed by atoms with E-state index in [9.17, 15) is 19.6 Å². The van der Waals surface area contributed by atoms with Gasteiger partial charge in [0, 0.05) is 6.42 Å². The van der Waals surface area contributed by atoms with Crippen molar-refractivity contribution in [3.63, 3.8) is 0 Å². The van der Waals surface area contributed by atoms with Gasteiger partial charge in [-0.1, -0.05) is 13.3 Å². The van der Waals surface area contributed by atoms with Gasteiger partial charge in [-0.3, -0.25) is 9.32 Å². The molecule has 194 valence electrons. The number of phosphoric acid groups is 1. The number of amides is 1. The van der Waals surface area contributed by atoms with Crippen LogP contribution in [0.5, 0.6) is 0 Å². The fraction of sp³-hybridized carbons (Fsp3) is 0.947. The minimum absolute atomic E-state index is 0.00159. The van der Waals surface area contributed by atoms with Crippen molar-refractivity contribution in [2.45, 2.75) is 98.9 Å². The van der Waals surface area contributed by atoms with Crippen LogP contribution in [0, 0.1) is 0 Å². The highest BCUT2D eigenvalue weighted by atomic mass is 35.5. The Bertz CT molecular complexity index is 705. The van der Waals surface area contributed by atoms with E-state index in [0.717, 1.165) is 11.8 Å². The highest BCUT2D eigenvalue weighted by Crippen LogP contribution is 2.43. The monoisotopic (exact) mass is 536 g/mol. The van der Waals surface area contributed by atoms with Gasteiger partial charge in [-0.25, -0.2) is 8.96 Å². The van der Waals surface area contributed by atoms with Crippen LogP contribution in [-0.2, 0) is 18.6 Å². The molecular weight excluding hydrogens is 502 g/mol. The smallest absolute Gasteiger partial charge is 0.388 e. The van der Waals surface area contributed by atoms with E-state index < -0.39 is 66.7 Å². The van der Waals surface area contributed by atoms with Crippen molar-refractivity contribution in [3.8, 4) is 0 Å². The number of nitrogens with one attached hydrogen (secondary N) is 2. The number of halogens is 2. The number of alkyl halides is 2. The first-order valence-corrected chi connectivity index (χ1v) is 14.2. The fourth-order valence-electron chi connectivity index (χ4n) is 4.43. The summed E-state index contributed by atoms with van der Waals surface area (Å²) < 4.78 is 37.0. The quantitative estimate of drug-likeness (QED) is 0.186. The van der Waals surface area contributed by atoms with Crippen LogP contribution in [-0.4, -0.2) is 91.7 Å². The molecule has 0 aromatic rings. The summed E-state index contributed by atoms with van der Waals surface area (Å²) in [4.78, 5) is 31.3. The molecule has 0 spiro atoms. The lowest BCUT2D eigenvalue weighted by atomic mass is 9.88. The molecule has 14 heteroatoms. The zero-order valence-corrected chi connectivity index (χ0v) is 21.4. The summed E-state index contributed by atoms with van der Waals surface area (Å²) in [5.74, 6) is -0.507. The third-order valence-corrected chi connectivity index (χ3v) is 7.64. The lowest BCUT2D eigenvalue weighted by Crippen LogP contribution is -2.65. The van der Waals surface area contributed by atoms with Crippen LogP contribution in [0.25, 0.3) is 0 Å². The third kappa shape index (κ3) is 7.99. The minimum atomic E-state index is -4.98. The molecule has 0 radical (unpaired) electrons. The van der Waals surface area contributed by atoms with Gasteiger partial charge in [0.2, 0.25) is 5.91 Å². The topological polar surface area (TPSA) is 158 Å². The van der Waals surface area contributed by atoms with Crippen molar-refractivity contribution in [1.82, 2.24) is 10.6 Å². The molecule has 0 aromatic heterocycles. The van der Waals surface area contributed by atoms with E-state index in [2.05, 4.69) is 15.2 Å². The SMILES string of the molecule is CCCC1(F)CCCNC(C(=O)NC(C(C)Cl)C2OC(SC)C(OP(=O)(O)O)C(O)C2O)C1. The number of hydrogen-bond acceptors (Lipinski definition) is 8. The first-order chi connectivity index (χ1) is 15.3. The van der Waals surface area contributed by atoms with Gasteiger partial charge in [0.1, 0.15) is 35.5 Å². The highest BCUT2D eigenvalue weighted by molar-refractivity contribution is 7.99. The normalized spacial score (nSPS) is 37.7. The van der Waals surface area contributed by atoms with Crippen LogP contribution in [0.4, 0.5) is 4.39 Å². The fourth-order valence-corrected chi connectivity index (χ4v) is 5.99. The molecule has 2 fully saturated rings. The van der Waals surface area contributed by atoms with E-state index in [-0.39, 0.29) is 6.42 Å². The number of thioether (sulfide) groups is 1. The number of phosphoric ester groups is 1. The summed E-state index contributed by atoms with van der Waals surface area (Å²) in [6.07, 6.45) is -2.58. The lowest BCUT2D eigenvalue weighted by molar-refractivity contribution is -0.201. The molecule has 0 bridgehead atoms. The summed E-state index contributed by atoms with van der Waals surface area (Å²) in [5.41, 5.74) is -2.52. The Morgan fingerprint density at radius 2 is 2.09 bits per heavy atom. The first-order valence-electron chi connectivity index (χ1n) is 11.0. The molecule has 6 N–H and O–H groups in total. The second kappa shape index (κ2) is 12.3. The van der Waals surface area contributed by atoms with Gasteiger partial charge >= 0.3 is 7.82 Å². The van der Waals surface area contributed by atoms with Crippen molar-refractivity contribution in [1.29, 1.82) is 0 Å². The molecule has 2 saturated heterocycles. The van der Waals surface area contributed by atoms with Crippen molar-refractivity contribution < 1.29 is 43.0 Å². The van der Waals surface area contributed by atoms with Crippen LogP contribution in [0.2, 0.25) is 0 Å². The van der Waals surface area contributed by atoms with Gasteiger partial charge in [0.15, 0.2) is 0 Å².